The Morgan fingerprint density at radius 3 is 1.41 bits per heavy atom. The van der Waals surface area contributed by atoms with Crippen molar-refractivity contribution in [2.24, 2.45) is 11.8 Å². The van der Waals surface area contributed by atoms with Gasteiger partial charge >= 0.3 is 0 Å². The number of hydrogen-bond donors (Lipinski definition) is 1. The summed E-state index contributed by atoms with van der Waals surface area (Å²) < 4.78 is 13.4. The Labute approximate surface area is 176 Å². The molecular formula is C26H38O3. The minimum atomic E-state index is -0.198. The molecule has 0 radical (unpaired) electrons. The van der Waals surface area contributed by atoms with Crippen LogP contribution in [-0.4, -0.2) is 16.3 Å². The summed E-state index contributed by atoms with van der Waals surface area (Å²) >= 11 is 0. The topological polar surface area (TPSA) is 38.7 Å². The van der Waals surface area contributed by atoms with Gasteiger partial charge in [-0.2, -0.15) is 0 Å². The lowest BCUT2D eigenvalue weighted by atomic mass is 9.61. The Hall–Kier alpha value is -1.38. The van der Waals surface area contributed by atoms with E-state index in [1.807, 2.05) is 0 Å². The van der Waals surface area contributed by atoms with Crippen LogP contribution in [0.3, 0.4) is 0 Å². The van der Waals surface area contributed by atoms with E-state index in [0.717, 1.165) is 37.5 Å². The maximum atomic E-state index is 11.4. The normalized spacial score (nSPS) is 39.1. The molecule has 2 fully saturated rings. The molecule has 0 aromatic heterocycles. The zero-order chi connectivity index (χ0) is 20.8. The van der Waals surface area contributed by atoms with E-state index in [-0.39, 0.29) is 27.8 Å². The van der Waals surface area contributed by atoms with Crippen molar-refractivity contribution >= 4 is 0 Å². The molecule has 0 saturated heterocycles. The molecule has 4 aliphatic rings. The quantitative estimate of drug-likeness (QED) is 0.533. The molecule has 1 aromatic rings. The van der Waals surface area contributed by atoms with Gasteiger partial charge < -0.3 is 14.6 Å². The standard InChI is InChI=1S/C26H38O3/c1-16-7-11-25(12-8-16)23(3,4)18-15-19-22(20(27)21(18)28-25)29-26(24(19,5)6)13-9-17(2)10-14-26/h15-17,27H,7-14H2,1-6H3. The summed E-state index contributed by atoms with van der Waals surface area (Å²) in [7, 11) is 0. The Kier molecular flexibility index (Phi) is 3.95. The molecule has 2 saturated carbocycles. The van der Waals surface area contributed by atoms with Gasteiger partial charge in [0.15, 0.2) is 11.5 Å². The number of ether oxygens (including phenoxy) is 2. The van der Waals surface area contributed by atoms with Crippen LogP contribution in [0.15, 0.2) is 6.07 Å². The molecule has 1 aromatic carbocycles. The van der Waals surface area contributed by atoms with E-state index in [1.165, 1.54) is 36.8 Å². The first-order valence-electron chi connectivity index (χ1n) is 11.8. The second-order valence-corrected chi connectivity index (χ2v) is 11.8. The minimum Gasteiger partial charge on any atom is -0.502 e. The van der Waals surface area contributed by atoms with Crippen molar-refractivity contribution in [2.75, 3.05) is 0 Å². The molecular weight excluding hydrogens is 360 g/mol. The smallest absolute Gasteiger partial charge is 0.201 e. The summed E-state index contributed by atoms with van der Waals surface area (Å²) in [6.07, 6.45) is 9.03. The number of aromatic hydroxyl groups is 1. The third-order valence-corrected chi connectivity index (χ3v) is 9.59. The summed E-state index contributed by atoms with van der Waals surface area (Å²) in [5, 5.41) is 11.4. The minimum absolute atomic E-state index is 0.109. The number of phenolic OH excluding ortho intramolecular Hbond substituents is 1. The molecule has 3 nitrogen and oxygen atoms in total. The molecule has 1 N–H and O–H groups in total. The predicted octanol–water partition coefficient (Wildman–Crippen LogP) is 6.63. The van der Waals surface area contributed by atoms with Gasteiger partial charge in [-0.05, 0) is 69.3 Å². The number of benzene rings is 1. The number of fused-ring (bicyclic) bond motifs is 2. The summed E-state index contributed by atoms with van der Waals surface area (Å²) in [4.78, 5) is 0. The second-order valence-electron chi connectivity index (χ2n) is 11.8. The molecule has 0 amide bonds. The Morgan fingerprint density at radius 2 is 1.07 bits per heavy atom. The van der Waals surface area contributed by atoms with Gasteiger partial charge in [-0.1, -0.05) is 41.5 Å². The van der Waals surface area contributed by atoms with Gasteiger partial charge in [0.25, 0.3) is 0 Å². The molecule has 2 spiro atoms. The fourth-order valence-corrected chi connectivity index (χ4v) is 6.82. The molecule has 0 bridgehead atoms. The lowest BCUT2D eigenvalue weighted by molar-refractivity contribution is -0.0209. The Balaban J connectivity index is 1.59. The highest BCUT2D eigenvalue weighted by Gasteiger charge is 2.61. The molecule has 2 aliphatic carbocycles. The number of hydrogen-bond acceptors (Lipinski definition) is 3. The van der Waals surface area contributed by atoms with Crippen molar-refractivity contribution in [3.8, 4) is 17.2 Å². The summed E-state index contributed by atoms with van der Waals surface area (Å²) in [6.45, 7) is 14.0. The molecule has 2 aliphatic heterocycles. The molecule has 0 unspecified atom stereocenters. The van der Waals surface area contributed by atoms with Crippen LogP contribution in [0.25, 0.3) is 0 Å². The fourth-order valence-electron chi connectivity index (χ4n) is 6.82. The number of phenols is 1. The van der Waals surface area contributed by atoms with E-state index in [1.54, 1.807) is 0 Å². The Morgan fingerprint density at radius 1 is 0.724 bits per heavy atom. The third kappa shape index (κ3) is 2.36. The van der Waals surface area contributed by atoms with Crippen molar-refractivity contribution in [3.05, 3.63) is 17.2 Å². The number of rotatable bonds is 0. The third-order valence-electron chi connectivity index (χ3n) is 9.59. The van der Waals surface area contributed by atoms with Crippen LogP contribution < -0.4 is 9.47 Å². The largest absolute Gasteiger partial charge is 0.502 e. The van der Waals surface area contributed by atoms with E-state index in [2.05, 4.69) is 47.6 Å². The van der Waals surface area contributed by atoms with Crippen molar-refractivity contribution in [3.63, 3.8) is 0 Å². The lowest BCUT2D eigenvalue weighted by Gasteiger charge is -2.45. The highest BCUT2D eigenvalue weighted by molar-refractivity contribution is 5.67. The fraction of sp³-hybridized carbons (Fsp3) is 0.769. The zero-order valence-corrected chi connectivity index (χ0v) is 19.2. The SMILES string of the molecule is CC1CCC2(CC1)Oc1c(cc3c(c1O)OC1(CCC(C)CC1)C3(C)C)C2(C)C. The lowest BCUT2D eigenvalue weighted by Crippen LogP contribution is -2.51. The van der Waals surface area contributed by atoms with Gasteiger partial charge in [0.1, 0.15) is 11.2 Å². The summed E-state index contributed by atoms with van der Waals surface area (Å²) in [6, 6.07) is 2.34. The molecule has 2 heterocycles. The van der Waals surface area contributed by atoms with Gasteiger partial charge in [0.05, 0.1) is 0 Å². The monoisotopic (exact) mass is 398 g/mol. The van der Waals surface area contributed by atoms with Crippen LogP contribution in [0.1, 0.15) is 104 Å². The van der Waals surface area contributed by atoms with E-state index >= 15 is 0 Å². The van der Waals surface area contributed by atoms with Gasteiger partial charge in [-0.25, -0.2) is 0 Å². The predicted molar refractivity (Wildman–Crippen MR) is 116 cm³/mol. The maximum absolute atomic E-state index is 11.4. The highest BCUT2D eigenvalue weighted by Crippen LogP contribution is 2.65. The average Bonchev–Trinajstić information content (AvgIpc) is 3.02. The van der Waals surface area contributed by atoms with Crippen molar-refractivity contribution in [1.82, 2.24) is 0 Å². The van der Waals surface area contributed by atoms with Gasteiger partial charge in [-0.3, -0.25) is 0 Å². The first-order chi connectivity index (χ1) is 13.5. The molecule has 3 heteroatoms. The van der Waals surface area contributed by atoms with E-state index in [9.17, 15) is 5.11 Å². The van der Waals surface area contributed by atoms with Crippen LogP contribution >= 0.6 is 0 Å². The summed E-state index contributed by atoms with van der Waals surface area (Å²) in [5.41, 5.74) is 1.75. The van der Waals surface area contributed by atoms with E-state index in [0.29, 0.717) is 11.5 Å². The molecule has 160 valence electrons. The second kappa shape index (κ2) is 5.86. The van der Waals surface area contributed by atoms with Gasteiger partial charge in [0.2, 0.25) is 5.75 Å². The Bertz CT molecular complexity index is 768. The first-order valence-corrected chi connectivity index (χ1v) is 11.8. The van der Waals surface area contributed by atoms with Crippen LogP contribution in [-0.2, 0) is 10.8 Å². The van der Waals surface area contributed by atoms with E-state index in [4.69, 9.17) is 9.47 Å². The molecule has 5 rings (SSSR count). The maximum Gasteiger partial charge on any atom is 0.201 e. The van der Waals surface area contributed by atoms with Crippen LogP contribution in [0.4, 0.5) is 0 Å². The van der Waals surface area contributed by atoms with Crippen LogP contribution in [0.5, 0.6) is 17.2 Å². The average molecular weight is 399 g/mol. The van der Waals surface area contributed by atoms with Gasteiger partial charge in [0, 0.05) is 22.0 Å². The molecule has 29 heavy (non-hydrogen) atoms. The van der Waals surface area contributed by atoms with Crippen LogP contribution in [0.2, 0.25) is 0 Å². The van der Waals surface area contributed by atoms with Crippen molar-refractivity contribution in [2.45, 2.75) is 115 Å². The molecule has 0 atom stereocenters. The van der Waals surface area contributed by atoms with Gasteiger partial charge in [-0.15, -0.1) is 0 Å². The summed E-state index contributed by atoms with van der Waals surface area (Å²) in [5.74, 6) is 3.17. The van der Waals surface area contributed by atoms with Crippen molar-refractivity contribution < 1.29 is 14.6 Å². The van der Waals surface area contributed by atoms with Crippen molar-refractivity contribution in [1.29, 1.82) is 0 Å². The highest BCUT2D eigenvalue weighted by atomic mass is 16.5. The van der Waals surface area contributed by atoms with Crippen LogP contribution in [0, 0.1) is 11.8 Å². The van der Waals surface area contributed by atoms with E-state index < -0.39 is 0 Å². The first kappa shape index (κ1) is 19.6. The zero-order valence-electron chi connectivity index (χ0n) is 19.2.